The average Bonchev–Trinajstić information content (AvgIpc) is 2.69. The summed E-state index contributed by atoms with van der Waals surface area (Å²) in [4.78, 5) is 0. The first-order chi connectivity index (χ1) is 13.1. The molecule has 0 saturated carbocycles. The van der Waals surface area contributed by atoms with Crippen LogP contribution in [0.15, 0.2) is 75.7 Å². The van der Waals surface area contributed by atoms with Crippen molar-refractivity contribution in [2.75, 3.05) is 30.2 Å². The van der Waals surface area contributed by atoms with Crippen molar-refractivity contribution < 1.29 is 9.47 Å². The summed E-state index contributed by atoms with van der Waals surface area (Å²) >= 11 is 7.11. The molecule has 0 unspecified atom stereocenters. The molecule has 0 aromatic heterocycles. The van der Waals surface area contributed by atoms with E-state index >= 15 is 0 Å². The topological polar surface area (TPSA) is 45.8 Å². The minimum absolute atomic E-state index is 0.670. The molecule has 0 amide bonds. The first-order valence-electron chi connectivity index (χ1n) is 8.16. The summed E-state index contributed by atoms with van der Waals surface area (Å²) in [6.07, 6.45) is 0. The number of methoxy groups -OCH3 is 2. The fourth-order valence-corrected chi connectivity index (χ4v) is 3.22. The van der Waals surface area contributed by atoms with Crippen LogP contribution in [0.3, 0.4) is 0 Å². The molecule has 0 heterocycles. The molecule has 0 fully saturated rings. The number of hydrogen-bond donors (Lipinski definition) is 2. The first-order valence-corrected chi connectivity index (χ1v) is 9.75. The van der Waals surface area contributed by atoms with Gasteiger partial charge in [-0.05, 0) is 58.4 Å². The number of rotatable bonds is 7. The second kappa shape index (κ2) is 9.01. The van der Waals surface area contributed by atoms with Gasteiger partial charge in [-0.15, -0.1) is 0 Å². The highest BCUT2D eigenvalue weighted by Gasteiger charge is 2.13. The van der Waals surface area contributed by atoms with Crippen LogP contribution in [0.25, 0.3) is 0 Å². The number of para-hydroxylation sites is 1. The lowest BCUT2D eigenvalue weighted by Gasteiger charge is -2.29. The van der Waals surface area contributed by atoms with Crippen molar-refractivity contribution in [1.29, 1.82) is 0 Å². The lowest BCUT2D eigenvalue weighted by atomic mass is 10.2. The minimum atomic E-state index is 0.670. The number of anilines is 3. The van der Waals surface area contributed by atoms with E-state index in [0.717, 1.165) is 31.8 Å². The molecular formula is C20H19Br2N3O2. The van der Waals surface area contributed by atoms with Gasteiger partial charge in [0.25, 0.3) is 0 Å². The van der Waals surface area contributed by atoms with Gasteiger partial charge in [0, 0.05) is 15.0 Å². The van der Waals surface area contributed by atoms with Crippen molar-refractivity contribution >= 4 is 48.9 Å². The fourth-order valence-electron chi connectivity index (χ4n) is 2.46. The van der Waals surface area contributed by atoms with Gasteiger partial charge in [0.1, 0.15) is 11.5 Å². The van der Waals surface area contributed by atoms with Crippen molar-refractivity contribution in [3.05, 3.63) is 75.7 Å². The summed E-state index contributed by atoms with van der Waals surface area (Å²) in [5.41, 5.74) is 9.37. The summed E-state index contributed by atoms with van der Waals surface area (Å²) < 4.78 is 12.7. The maximum atomic E-state index is 5.51. The summed E-state index contributed by atoms with van der Waals surface area (Å²) in [6, 6.07) is 21.5. The zero-order valence-electron chi connectivity index (χ0n) is 14.9. The third-order valence-electron chi connectivity index (χ3n) is 3.81. The number of hydrazine groups is 2. The number of nitrogens with zero attached hydrogens (tertiary/aromatic N) is 1. The molecule has 0 radical (unpaired) electrons. The molecule has 7 heteroatoms. The quantitative estimate of drug-likeness (QED) is 0.391. The molecule has 3 rings (SSSR count). The molecule has 0 aliphatic heterocycles. The number of benzene rings is 3. The zero-order valence-corrected chi connectivity index (χ0v) is 18.0. The Bertz CT molecular complexity index is 921. The van der Waals surface area contributed by atoms with E-state index in [4.69, 9.17) is 9.47 Å². The van der Waals surface area contributed by atoms with Crippen molar-refractivity contribution in [3.63, 3.8) is 0 Å². The predicted molar refractivity (Wildman–Crippen MR) is 118 cm³/mol. The zero-order chi connectivity index (χ0) is 19.2. The maximum absolute atomic E-state index is 5.51. The fraction of sp³-hybridized carbons (Fsp3) is 0.100. The highest BCUT2D eigenvalue weighted by molar-refractivity contribution is 9.10. The average molecular weight is 493 g/mol. The maximum Gasteiger partial charge on any atom is 0.147 e. The molecule has 0 saturated heterocycles. The van der Waals surface area contributed by atoms with E-state index in [1.165, 1.54) is 0 Å². The Kier molecular flexibility index (Phi) is 6.47. The number of ether oxygens (including phenoxy) is 2. The second-order valence-electron chi connectivity index (χ2n) is 5.58. The number of hydrogen-bond acceptors (Lipinski definition) is 5. The molecule has 0 aliphatic carbocycles. The molecule has 0 bridgehead atoms. The van der Waals surface area contributed by atoms with Crippen molar-refractivity contribution in [2.45, 2.75) is 0 Å². The van der Waals surface area contributed by atoms with Crippen LogP contribution in [-0.4, -0.2) is 14.2 Å². The van der Waals surface area contributed by atoms with E-state index in [9.17, 15) is 0 Å². The van der Waals surface area contributed by atoms with Crippen LogP contribution in [0.4, 0.5) is 17.1 Å². The van der Waals surface area contributed by atoms with Crippen molar-refractivity contribution in [3.8, 4) is 11.5 Å². The largest absolute Gasteiger partial charge is 0.497 e. The Labute approximate surface area is 175 Å². The van der Waals surface area contributed by atoms with Gasteiger partial charge in [0.2, 0.25) is 0 Å². The second-order valence-corrected chi connectivity index (χ2v) is 7.35. The molecule has 0 atom stereocenters. The number of nitrogens with one attached hydrogen (secondary N) is 2. The predicted octanol–water partition coefficient (Wildman–Crippen LogP) is 6.09. The third-order valence-corrected chi connectivity index (χ3v) is 5.00. The van der Waals surface area contributed by atoms with E-state index < -0.39 is 0 Å². The van der Waals surface area contributed by atoms with E-state index in [1.54, 1.807) is 14.2 Å². The van der Waals surface area contributed by atoms with Gasteiger partial charge < -0.3 is 9.47 Å². The van der Waals surface area contributed by atoms with Crippen LogP contribution in [0, 0.1) is 0 Å². The van der Waals surface area contributed by atoms with Crippen LogP contribution < -0.4 is 25.4 Å². The van der Waals surface area contributed by atoms with Crippen LogP contribution in [0.2, 0.25) is 0 Å². The van der Waals surface area contributed by atoms with E-state index in [1.807, 2.05) is 71.8 Å². The van der Waals surface area contributed by atoms with Crippen molar-refractivity contribution in [2.24, 2.45) is 0 Å². The summed E-state index contributed by atoms with van der Waals surface area (Å²) in [7, 11) is 3.26. The smallest absolute Gasteiger partial charge is 0.147 e. The molecule has 3 aromatic rings. The normalized spacial score (nSPS) is 10.2. The first kappa shape index (κ1) is 19.4. The highest BCUT2D eigenvalue weighted by Crippen LogP contribution is 2.32. The highest BCUT2D eigenvalue weighted by atomic mass is 79.9. The van der Waals surface area contributed by atoms with E-state index in [0.29, 0.717) is 5.75 Å². The molecule has 0 spiro atoms. The number of halogens is 2. The Morgan fingerprint density at radius 1 is 0.778 bits per heavy atom. The Hall–Kier alpha value is -2.38. The van der Waals surface area contributed by atoms with Gasteiger partial charge in [0.05, 0.1) is 31.3 Å². The lowest BCUT2D eigenvalue weighted by molar-refractivity contribution is 0.395. The summed E-state index contributed by atoms with van der Waals surface area (Å²) in [5.74, 6) is 1.40. The van der Waals surface area contributed by atoms with Crippen LogP contribution in [-0.2, 0) is 0 Å². The van der Waals surface area contributed by atoms with Crippen molar-refractivity contribution in [1.82, 2.24) is 0 Å². The van der Waals surface area contributed by atoms with Gasteiger partial charge in [-0.3, -0.25) is 10.9 Å². The van der Waals surface area contributed by atoms with E-state index in [2.05, 4.69) is 42.7 Å². The van der Waals surface area contributed by atoms with Gasteiger partial charge in [-0.1, -0.05) is 34.1 Å². The SMILES string of the molecule is COc1ccc(NN(Nc2ccccc2Br)c2cccc(Br)c2)c(OC)c1. The van der Waals surface area contributed by atoms with Gasteiger partial charge in [-0.25, -0.2) is 0 Å². The van der Waals surface area contributed by atoms with Gasteiger partial charge in [0.15, 0.2) is 0 Å². The monoisotopic (exact) mass is 491 g/mol. The van der Waals surface area contributed by atoms with Crippen LogP contribution in [0.5, 0.6) is 11.5 Å². The Morgan fingerprint density at radius 2 is 1.56 bits per heavy atom. The molecule has 140 valence electrons. The molecular weight excluding hydrogens is 474 g/mol. The lowest BCUT2D eigenvalue weighted by Crippen LogP contribution is -2.36. The van der Waals surface area contributed by atoms with Gasteiger partial charge >= 0.3 is 0 Å². The van der Waals surface area contributed by atoms with Crippen LogP contribution in [0.1, 0.15) is 0 Å². The Balaban J connectivity index is 1.96. The van der Waals surface area contributed by atoms with Gasteiger partial charge in [-0.2, -0.15) is 5.12 Å². The molecule has 2 N–H and O–H groups in total. The summed E-state index contributed by atoms with van der Waals surface area (Å²) in [6.45, 7) is 0. The molecule has 5 nitrogen and oxygen atoms in total. The summed E-state index contributed by atoms with van der Waals surface area (Å²) in [5, 5.41) is 1.83. The molecule has 0 aliphatic rings. The molecule has 27 heavy (non-hydrogen) atoms. The minimum Gasteiger partial charge on any atom is -0.497 e. The molecule has 3 aromatic carbocycles. The van der Waals surface area contributed by atoms with E-state index in [-0.39, 0.29) is 0 Å². The Morgan fingerprint density at radius 3 is 2.26 bits per heavy atom. The van der Waals surface area contributed by atoms with Crippen LogP contribution >= 0.6 is 31.9 Å². The standard InChI is InChI=1S/C20H19Br2N3O2/c1-26-16-10-11-19(20(13-16)27-2)24-25(15-7-5-6-14(21)12-15)23-18-9-4-3-8-17(18)22/h3-13,23-24H,1-2H3. The third kappa shape index (κ3) is 4.87.